The van der Waals surface area contributed by atoms with Crippen LogP contribution in [0, 0.1) is 0 Å². The van der Waals surface area contributed by atoms with Crippen molar-refractivity contribution < 1.29 is 4.74 Å². The second kappa shape index (κ2) is 7.48. The molecule has 0 unspecified atom stereocenters. The number of thiocarbonyl (C=S) groups is 1. The van der Waals surface area contributed by atoms with E-state index < -0.39 is 0 Å². The monoisotopic (exact) mass is 369 g/mol. The molecule has 1 aromatic carbocycles. The minimum atomic E-state index is 0.343. The van der Waals surface area contributed by atoms with Crippen molar-refractivity contribution >= 4 is 52.7 Å². The molecule has 2 heterocycles. The van der Waals surface area contributed by atoms with Crippen LogP contribution in [0.25, 0.3) is 0 Å². The Morgan fingerprint density at radius 2 is 2.00 bits per heavy atom. The second-order valence-corrected chi connectivity index (χ2v) is 6.56. The Labute approximate surface area is 150 Å². The van der Waals surface area contributed by atoms with Gasteiger partial charge in [-0.3, -0.25) is 0 Å². The van der Waals surface area contributed by atoms with Gasteiger partial charge in [-0.2, -0.15) is 9.67 Å². The van der Waals surface area contributed by atoms with Crippen molar-refractivity contribution in [3.63, 3.8) is 0 Å². The molecule has 0 radical (unpaired) electrons. The van der Waals surface area contributed by atoms with Gasteiger partial charge in [-0.05, 0) is 17.7 Å². The van der Waals surface area contributed by atoms with Crippen molar-refractivity contribution in [2.75, 3.05) is 36.5 Å². The number of rotatable bonds is 4. The van der Waals surface area contributed by atoms with E-state index in [0.29, 0.717) is 41.0 Å². The van der Waals surface area contributed by atoms with Crippen LogP contribution in [0.4, 0.5) is 11.9 Å². The Hall–Kier alpha value is -1.35. The van der Waals surface area contributed by atoms with E-state index in [1.165, 1.54) is 4.68 Å². The predicted molar refractivity (Wildman–Crippen MR) is 98.8 cm³/mol. The molecule has 6 nitrogen and oxygen atoms in total. The molecule has 9 heteroatoms. The maximum atomic E-state index is 5.90. The van der Waals surface area contributed by atoms with Crippen LogP contribution in [0.1, 0.15) is 5.56 Å². The number of anilines is 2. The summed E-state index contributed by atoms with van der Waals surface area (Å²) in [4.78, 5) is 6.61. The summed E-state index contributed by atoms with van der Waals surface area (Å²) in [5.74, 6) is 1.20. The molecule has 2 aromatic rings. The molecule has 1 aliphatic rings. The number of morpholine rings is 1. The van der Waals surface area contributed by atoms with E-state index in [4.69, 9.17) is 28.6 Å². The summed E-state index contributed by atoms with van der Waals surface area (Å²) in [6.07, 6.45) is 0. The number of ether oxygens (including phenoxy) is 1. The maximum Gasteiger partial charge on any atom is 0.247 e. The van der Waals surface area contributed by atoms with Crippen molar-refractivity contribution in [1.82, 2.24) is 14.8 Å². The molecule has 0 aliphatic carbocycles. The Morgan fingerprint density at radius 3 is 2.65 bits per heavy atom. The molecule has 1 N–H and O–H groups in total. The van der Waals surface area contributed by atoms with E-state index in [2.05, 4.69) is 32.9 Å². The molecule has 1 fully saturated rings. The van der Waals surface area contributed by atoms with Crippen molar-refractivity contribution in [2.45, 2.75) is 6.54 Å². The van der Waals surface area contributed by atoms with Gasteiger partial charge in [0.15, 0.2) is 4.32 Å². The number of benzene rings is 1. The Morgan fingerprint density at radius 1 is 1.30 bits per heavy atom. The quantitative estimate of drug-likeness (QED) is 0.637. The SMILES string of the molecule is S=C(S)n1nc(N2CCOCC2)nc1NCc1ccc(Cl)cc1. The van der Waals surface area contributed by atoms with Gasteiger partial charge in [0.05, 0.1) is 13.2 Å². The van der Waals surface area contributed by atoms with Crippen LogP contribution >= 0.6 is 36.4 Å². The molecule has 0 bridgehead atoms. The van der Waals surface area contributed by atoms with Gasteiger partial charge >= 0.3 is 0 Å². The van der Waals surface area contributed by atoms with E-state index in [1.807, 2.05) is 24.3 Å². The number of hydrogen-bond donors (Lipinski definition) is 2. The lowest BCUT2D eigenvalue weighted by molar-refractivity contribution is 0.122. The standard InChI is InChI=1S/C14H16ClN5OS2/c15-11-3-1-10(2-4-11)9-16-12-17-13(18-20(12)14(22)23)19-5-7-21-8-6-19/h1-4H,5-9H2,(H,22,23)(H,16,17,18). The number of nitrogens with zero attached hydrogens (tertiary/aromatic N) is 4. The summed E-state index contributed by atoms with van der Waals surface area (Å²) in [5.41, 5.74) is 1.09. The predicted octanol–water partition coefficient (Wildman–Crippen LogP) is 2.44. The van der Waals surface area contributed by atoms with Crippen molar-refractivity contribution in [1.29, 1.82) is 0 Å². The largest absolute Gasteiger partial charge is 0.378 e. The van der Waals surface area contributed by atoms with Gasteiger partial charge in [0.25, 0.3) is 0 Å². The fourth-order valence-corrected chi connectivity index (χ4v) is 2.62. The fourth-order valence-electron chi connectivity index (χ4n) is 2.23. The zero-order chi connectivity index (χ0) is 16.2. The molecular formula is C14H16ClN5OS2. The molecule has 1 saturated heterocycles. The molecule has 0 amide bonds. The van der Waals surface area contributed by atoms with E-state index in [0.717, 1.165) is 18.7 Å². The Kier molecular flexibility index (Phi) is 5.37. The molecule has 122 valence electrons. The Balaban J connectivity index is 1.75. The minimum Gasteiger partial charge on any atom is -0.378 e. The number of hydrogen-bond acceptors (Lipinski definition) is 6. The van der Waals surface area contributed by atoms with Crippen LogP contribution in [0.5, 0.6) is 0 Å². The van der Waals surface area contributed by atoms with E-state index in [9.17, 15) is 0 Å². The molecule has 0 saturated carbocycles. The molecule has 1 aliphatic heterocycles. The summed E-state index contributed by atoms with van der Waals surface area (Å²) in [6, 6.07) is 7.62. The highest BCUT2D eigenvalue weighted by Gasteiger charge is 2.19. The first-order chi connectivity index (χ1) is 11.1. The second-order valence-electron chi connectivity index (χ2n) is 5.01. The van der Waals surface area contributed by atoms with E-state index in [1.54, 1.807) is 0 Å². The fraction of sp³-hybridized carbons (Fsp3) is 0.357. The van der Waals surface area contributed by atoms with Gasteiger partial charge in [0, 0.05) is 24.7 Å². The molecular weight excluding hydrogens is 354 g/mol. The van der Waals surface area contributed by atoms with Crippen LogP contribution in [-0.2, 0) is 11.3 Å². The van der Waals surface area contributed by atoms with Crippen LogP contribution < -0.4 is 10.2 Å². The van der Waals surface area contributed by atoms with Gasteiger partial charge in [0.2, 0.25) is 11.9 Å². The van der Waals surface area contributed by atoms with E-state index in [-0.39, 0.29) is 0 Å². The van der Waals surface area contributed by atoms with Crippen LogP contribution in [0.15, 0.2) is 24.3 Å². The van der Waals surface area contributed by atoms with Gasteiger partial charge < -0.3 is 15.0 Å². The highest BCUT2D eigenvalue weighted by molar-refractivity contribution is 8.11. The normalized spacial score (nSPS) is 14.8. The van der Waals surface area contributed by atoms with Crippen LogP contribution in [0.2, 0.25) is 5.02 Å². The smallest absolute Gasteiger partial charge is 0.247 e. The highest BCUT2D eigenvalue weighted by Crippen LogP contribution is 2.17. The third-order valence-electron chi connectivity index (χ3n) is 3.43. The lowest BCUT2D eigenvalue weighted by atomic mass is 10.2. The molecule has 0 spiro atoms. The van der Waals surface area contributed by atoms with Gasteiger partial charge in [0.1, 0.15) is 0 Å². The number of halogens is 1. The summed E-state index contributed by atoms with van der Waals surface area (Å²) < 4.78 is 7.22. The number of nitrogens with one attached hydrogen (secondary N) is 1. The number of thiol groups is 1. The zero-order valence-corrected chi connectivity index (χ0v) is 14.7. The van der Waals surface area contributed by atoms with Gasteiger partial charge in [-0.25, -0.2) is 0 Å². The maximum absolute atomic E-state index is 5.90. The molecule has 3 rings (SSSR count). The molecule has 0 atom stereocenters. The first-order valence-electron chi connectivity index (χ1n) is 7.15. The third-order valence-corrected chi connectivity index (χ3v) is 4.05. The summed E-state index contributed by atoms with van der Waals surface area (Å²) in [6.45, 7) is 3.47. The van der Waals surface area contributed by atoms with Crippen molar-refractivity contribution in [3.05, 3.63) is 34.9 Å². The Bertz CT molecular complexity index is 685. The van der Waals surface area contributed by atoms with E-state index >= 15 is 0 Å². The zero-order valence-electron chi connectivity index (χ0n) is 12.3. The number of aromatic nitrogens is 3. The van der Waals surface area contributed by atoms with Gasteiger partial charge in [-0.15, -0.1) is 17.7 Å². The summed E-state index contributed by atoms with van der Waals surface area (Å²) >= 11 is 15.3. The van der Waals surface area contributed by atoms with Gasteiger partial charge in [-0.1, -0.05) is 36.0 Å². The minimum absolute atomic E-state index is 0.343. The lowest BCUT2D eigenvalue weighted by Crippen LogP contribution is -2.37. The topological polar surface area (TPSA) is 55.2 Å². The van der Waals surface area contributed by atoms with Crippen LogP contribution in [0.3, 0.4) is 0 Å². The third kappa shape index (κ3) is 4.14. The van der Waals surface area contributed by atoms with Crippen molar-refractivity contribution in [2.24, 2.45) is 0 Å². The molecule has 23 heavy (non-hydrogen) atoms. The first kappa shape index (κ1) is 16.5. The first-order valence-corrected chi connectivity index (χ1v) is 8.38. The average molecular weight is 370 g/mol. The average Bonchev–Trinajstić information content (AvgIpc) is 3.00. The van der Waals surface area contributed by atoms with Crippen LogP contribution in [-0.4, -0.2) is 45.4 Å². The van der Waals surface area contributed by atoms with Crippen molar-refractivity contribution in [3.8, 4) is 0 Å². The summed E-state index contributed by atoms with van der Waals surface area (Å²) in [5, 5.41) is 8.39. The highest BCUT2D eigenvalue weighted by atomic mass is 35.5. The lowest BCUT2D eigenvalue weighted by Gasteiger charge is -2.25. The molecule has 1 aromatic heterocycles. The summed E-state index contributed by atoms with van der Waals surface area (Å²) in [7, 11) is 0.